The molecular weight excluding hydrogens is 269 g/mol. The van der Waals surface area contributed by atoms with Gasteiger partial charge in [-0.1, -0.05) is 11.6 Å². The molecule has 4 N–H and O–H groups in total. The van der Waals surface area contributed by atoms with Gasteiger partial charge in [0.2, 0.25) is 17.1 Å². The van der Waals surface area contributed by atoms with Crippen LogP contribution in [0.1, 0.15) is 0 Å². The molecule has 0 atom stereocenters. The molecule has 0 aliphatic carbocycles. The topological polar surface area (TPSA) is 110 Å². The Hall–Kier alpha value is -1.44. The number of amides is 2. The fourth-order valence-corrected chi connectivity index (χ4v) is 1.30. The second-order valence-electron chi connectivity index (χ2n) is 2.87. The van der Waals surface area contributed by atoms with Crippen molar-refractivity contribution in [2.45, 2.75) is 0 Å². The van der Waals surface area contributed by atoms with Crippen LogP contribution in [0.4, 0.5) is 5.82 Å². The number of anilines is 1. The summed E-state index contributed by atoms with van der Waals surface area (Å²) in [5.41, 5.74) is 5.05. The van der Waals surface area contributed by atoms with Crippen LogP contribution in [-0.2, 0) is 9.59 Å². The largest absolute Gasteiger partial charge is 0.346 e. The van der Waals surface area contributed by atoms with E-state index in [2.05, 4.69) is 20.6 Å². The third-order valence-electron chi connectivity index (χ3n) is 1.57. The van der Waals surface area contributed by atoms with Gasteiger partial charge in [-0.2, -0.15) is 0 Å². The molecule has 0 saturated heterocycles. The fourth-order valence-electron chi connectivity index (χ4n) is 0.892. The minimum Gasteiger partial charge on any atom is -0.346 e. The van der Waals surface area contributed by atoms with Gasteiger partial charge in [-0.15, -0.1) is 0 Å². The van der Waals surface area contributed by atoms with E-state index in [0.717, 1.165) is 0 Å². The summed E-state index contributed by atoms with van der Waals surface area (Å²) in [7, 11) is 0. The molecule has 9 heteroatoms. The smallest absolute Gasteiger partial charge is 0.244 e. The van der Waals surface area contributed by atoms with E-state index in [1.165, 1.54) is 6.07 Å². The zero-order chi connectivity index (χ0) is 12.8. The summed E-state index contributed by atoms with van der Waals surface area (Å²) >= 11 is 11.1. The van der Waals surface area contributed by atoms with E-state index >= 15 is 0 Å². The Bertz CT molecular complexity index is 420. The highest BCUT2D eigenvalue weighted by atomic mass is 35.5. The molecule has 0 aromatic carbocycles. The molecule has 92 valence electrons. The maximum Gasteiger partial charge on any atom is 0.244 e. The summed E-state index contributed by atoms with van der Waals surface area (Å²) in [6, 6.07) is 1.33. The van der Waals surface area contributed by atoms with E-state index in [0.29, 0.717) is 0 Å². The van der Waals surface area contributed by atoms with Crippen LogP contribution in [0, 0.1) is 0 Å². The standard InChI is InChI=1S/C8H9Cl2N5O2/c9-4-1-5(15-8(10)13-4)14-7(17)3-12-6(16)2-11/h1H,2-3,11H2,(H,12,16)(H,13,14,15,17). The number of aromatic nitrogens is 2. The third-order valence-corrected chi connectivity index (χ3v) is 1.93. The lowest BCUT2D eigenvalue weighted by molar-refractivity contribution is -0.123. The predicted molar refractivity (Wildman–Crippen MR) is 62.7 cm³/mol. The molecule has 0 saturated carbocycles. The lowest BCUT2D eigenvalue weighted by Gasteiger charge is -2.05. The molecule has 0 radical (unpaired) electrons. The lowest BCUT2D eigenvalue weighted by atomic mass is 10.5. The van der Waals surface area contributed by atoms with Gasteiger partial charge in [0, 0.05) is 6.07 Å². The molecule has 0 fully saturated rings. The normalized spacial score (nSPS) is 9.82. The van der Waals surface area contributed by atoms with Gasteiger partial charge in [0.1, 0.15) is 11.0 Å². The van der Waals surface area contributed by atoms with Crippen LogP contribution in [0.5, 0.6) is 0 Å². The zero-order valence-corrected chi connectivity index (χ0v) is 10.0. The second kappa shape index (κ2) is 6.33. The van der Waals surface area contributed by atoms with E-state index in [-0.39, 0.29) is 29.3 Å². The van der Waals surface area contributed by atoms with Crippen molar-refractivity contribution in [3.8, 4) is 0 Å². The summed E-state index contributed by atoms with van der Waals surface area (Å²) in [6.07, 6.45) is 0. The van der Waals surface area contributed by atoms with Crippen LogP contribution in [0.25, 0.3) is 0 Å². The molecule has 0 aliphatic heterocycles. The molecule has 7 nitrogen and oxygen atoms in total. The number of hydrogen-bond donors (Lipinski definition) is 3. The van der Waals surface area contributed by atoms with Gasteiger partial charge in [-0.05, 0) is 11.6 Å². The Morgan fingerprint density at radius 1 is 1.29 bits per heavy atom. The number of hydrogen-bond acceptors (Lipinski definition) is 5. The molecule has 0 spiro atoms. The van der Waals surface area contributed by atoms with Crippen molar-refractivity contribution < 1.29 is 9.59 Å². The Kier molecular flexibility index (Phi) is 5.08. The van der Waals surface area contributed by atoms with Crippen LogP contribution in [0.15, 0.2) is 6.07 Å². The van der Waals surface area contributed by atoms with E-state index in [4.69, 9.17) is 28.9 Å². The van der Waals surface area contributed by atoms with Crippen LogP contribution in [0.2, 0.25) is 10.4 Å². The zero-order valence-electron chi connectivity index (χ0n) is 8.54. The molecule has 0 unspecified atom stereocenters. The van der Waals surface area contributed by atoms with Gasteiger partial charge in [0.15, 0.2) is 0 Å². The highest BCUT2D eigenvalue weighted by Gasteiger charge is 2.07. The quantitative estimate of drug-likeness (QED) is 0.521. The number of rotatable bonds is 4. The first-order chi connectivity index (χ1) is 8.01. The monoisotopic (exact) mass is 277 g/mol. The lowest BCUT2D eigenvalue weighted by Crippen LogP contribution is -2.36. The Balaban J connectivity index is 2.53. The first-order valence-electron chi connectivity index (χ1n) is 4.48. The maximum absolute atomic E-state index is 11.3. The van der Waals surface area contributed by atoms with Crippen molar-refractivity contribution in [2.75, 3.05) is 18.4 Å². The first kappa shape index (κ1) is 13.6. The molecule has 1 rings (SSSR count). The molecule has 17 heavy (non-hydrogen) atoms. The number of nitrogens with one attached hydrogen (secondary N) is 2. The molecule has 0 aliphatic rings. The van der Waals surface area contributed by atoms with E-state index in [9.17, 15) is 9.59 Å². The minimum atomic E-state index is -0.474. The van der Waals surface area contributed by atoms with Crippen LogP contribution in [0.3, 0.4) is 0 Å². The van der Waals surface area contributed by atoms with Gasteiger partial charge < -0.3 is 16.4 Å². The van der Waals surface area contributed by atoms with Gasteiger partial charge in [-0.3, -0.25) is 9.59 Å². The van der Waals surface area contributed by atoms with Crippen molar-refractivity contribution in [1.29, 1.82) is 0 Å². The van der Waals surface area contributed by atoms with Gasteiger partial charge in [0.25, 0.3) is 0 Å². The van der Waals surface area contributed by atoms with E-state index < -0.39 is 11.8 Å². The fraction of sp³-hybridized carbons (Fsp3) is 0.250. The molecule has 1 heterocycles. The third kappa shape index (κ3) is 4.94. The number of nitrogens with two attached hydrogens (primary N) is 1. The van der Waals surface area contributed by atoms with Gasteiger partial charge in [0.05, 0.1) is 13.1 Å². The first-order valence-corrected chi connectivity index (χ1v) is 5.23. The van der Waals surface area contributed by atoms with Crippen molar-refractivity contribution >= 4 is 40.8 Å². The van der Waals surface area contributed by atoms with Crippen LogP contribution >= 0.6 is 23.2 Å². The highest BCUT2D eigenvalue weighted by molar-refractivity contribution is 6.32. The van der Waals surface area contributed by atoms with Gasteiger partial charge in [-0.25, -0.2) is 9.97 Å². The van der Waals surface area contributed by atoms with E-state index in [1.54, 1.807) is 0 Å². The predicted octanol–water partition coefficient (Wildman–Crippen LogP) is -0.203. The van der Waals surface area contributed by atoms with Crippen molar-refractivity contribution in [2.24, 2.45) is 5.73 Å². The SMILES string of the molecule is NCC(=O)NCC(=O)Nc1cc(Cl)nc(Cl)n1. The van der Waals surface area contributed by atoms with Gasteiger partial charge >= 0.3 is 0 Å². The summed E-state index contributed by atoms with van der Waals surface area (Å²) in [6.45, 7) is -0.395. The molecular formula is C8H9Cl2N5O2. The average molecular weight is 278 g/mol. The van der Waals surface area contributed by atoms with Crippen LogP contribution < -0.4 is 16.4 Å². The Morgan fingerprint density at radius 2 is 2.00 bits per heavy atom. The number of carbonyl (C=O) groups is 2. The Labute approximate surface area is 107 Å². The highest BCUT2D eigenvalue weighted by Crippen LogP contribution is 2.13. The molecule has 2 amide bonds. The molecule has 1 aromatic heterocycles. The summed E-state index contributed by atoms with van der Waals surface area (Å²) in [4.78, 5) is 29.5. The minimum absolute atomic E-state index is 0.0845. The average Bonchev–Trinajstić information content (AvgIpc) is 2.24. The van der Waals surface area contributed by atoms with Crippen molar-refractivity contribution in [1.82, 2.24) is 15.3 Å². The molecule has 0 bridgehead atoms. The number of carbonyl (C=O) groups excluding carboxylic acids is 2. The van der Waals surface area contributed by atoms with E-state index in [1.807, 2.05) is 0 Å². The maximum atomic E-state index is 11.3. The second-order valence-corrected chi connectivity index (χ2v) is 3.60. The van der Waals surface area contributed by atoms with Crippen molar-refractivity contribution in [3.05, 3.63) is 16.5 Å². The number of nitrogens with zero attached hydrogens (tertiary/aromatic N) is 2. The van der Waals surface area contributed by atoms with Crippen LogP contribution in [-0.4, -0.2) is 34.9 Å². The Morgan fingerprint density at radius 3 is 2.59 bits per heavy atom. The summed E-state index contributed by atoms with van der Waals surface area (Å²) < 4.78 is 0. The van der Waals surface area contributed by atoms with Crippen molar-refractivity contribution in [3.63, 3.8) is 0 Å². The number of halogens is 2. The molecule has 1 aromatic rings. The summed E-state index contributed by atoms with van der Waals surface area (Å²) in [5.74, 6) is -0.751. The summed E-state index contributed by atoms with van der Waals surface area (Å²) in [5, 5.41) is 4.70.